The van der Waals surface area contributed by atoms with Crippen LogP contribution in [0.4, 0.5) is 5.13 Å². The Morgan fingerprint density at radius 3 is 2.56 bits per heavy atom. The van der Waals surface area contributed by atoms with Crippen LogP contribution in [0, 0.1) is 18.8 Å². The molecule has 6 nitrogen and oxygen atoms in total. The number of carbonyl (C=O) groups excluding carboxylic acids is 1. The predicted molar refractivity (Wildman–Crippen MR) is 93.4 cm³/mol. The van der Waals surface area contributed by atoms with E-state index in [0.29, 0.717) is 11.6 Å². The molecule has 2 aromatic rings. The summed E-state index contributed by atoms with van der Waals surface area (Å²) < 4.78 is 5.66. The van der Waals surface area contributed by atoms with E-state index in [1.54, 1.807) is 0 Å². The van der Waals surface area contributed by atoms with Gasteiger partial charge in [-0.3, -0.25) is 9.59 Å². The predicted octanol–water partition coefficient (Wildman–Crippen LogP) is 2.94. The molecule has 2 bridgehead atoms. The highest BCUT2D eigenvalue weighted by Crippen LogP contribution is 2.44. The van der Waals surface area contributed by atoms with Crippen molar-refractivity contribution in [2.45, 2.75) is 32.0 Å². The average molecular weight is 358 g/mol. The fourth-order valence-corrected chi connectivity index (χ4v) is 4.80. The summed E-state index contributed by atoms with van der Waals surface area (Å²) in [6, 6.07) is 9.85. The van der Waals surface area contributed by atoms with Crippen molar-refractivity contribution in [3.8, 4) is 10.4 Å². The number of amides is 1. The Balaban J connectivity index is 1.55. The number of carbonyl (C=O) groups is 2. The first-order chi connectivity index (χ1) is 12.0. The summed E-state index contributed by atoms with van der Waals surface area (Å²) in [5, 5.41) is 12.7. The molecule has 0 aliphatic carbocycles. The SMILES string of the molecule is Cc1nc(NC(=O)[C@H]2[C@@H](C(=O)O)[C@H]3CC[C@@H]2O3)sc1-c1ccccc1. The number of fused-ring (bicyclic) bond motifs is 2. The first kappa shape index (κ1) is 16.2. The Morgan fingerprint density at radius 1 is 1.20 bits per heavy atom. The van der Waals surface area contributed by atoms with Crippen LogP contribution in [0.3, 0.4) is 0 Å². The largest absolute Gasteiger partial charge is 0.481 e. The van der Waals surface area contributed by atoms with Crippen LogP contribution in [0.5, 0.6) is 0 Å². The van der Waals surface area contributed by atoms with Gasteiger partial charge in [-0.1, -0.05) is 41.7 Å². The van der Waals surface area contributed by atoms with Gasteiger partial charge >= 0.3 is 5.97 Å². The number of nitrogens with zero attached hydrogens (tertiary/aromatic N) is 1. The van der Waals surface area contributed by atoms with Crippen molar-refractivity contribution in [2.75, 3.05) is 5.32 Å². The van der Waals surface area contributed by atoms with E-state index >= 15 is 0 Å². The highest BCUT2D eigenvalue weighted by Gasteiger charge is 2.55. The number of nitrogens with one attached hydrogen (secondary N) is 1. The molecule has 3 heterocycles. The molecular formula is C18H18N2O4S. The normalized spacial score (nSPS) is 27.4. The number of rotatable bonds is 4. The Labute approximate surface area is 148 Å². The van der Waals surface area contributed by atoms with Gasteiger partial charge in [-0.05, 0) is 25.3 Å². The second kappa shape index (κ2) is 6.24. The van der Waals surface area contributed by atoms with E-state index in [4.69, 9.17) is 4.74 Å². The Bertz CT molecular complexity index is 820. The molecule has 1 amide bonds. The molecule has 130 valence electrons. The number of aromatic nitrogens is 1. The highest BCUT2D eigenvalue weighted by atomic mass is 32.1. The van der Waals surface area contributed by atoms with Crippen LogP contribution in [-0.4, -0.2) is 34.2 Å². The molecule has 4 rings (SSSR count). The first-order valence-electron chi connectivity index (χ1n) is 8.26. The summed E-state index contributed by atoms with van der Waals surface area (Å²) in [7, 11) is 0. The van der Waals surface area contributed by atoms with Gasteiger partial charge in [0.25, 0.3) is 0 Å². The molecule has 0 saturated carbocycles. The van der Waals surface area contributed by atoms with Crippen molar-refractivity contribution in [1.82, 2.24) is 4.98 Å². The third-order valence-electron chi connectivity index (χ3n) is 4.92. The zero-order valence-corrected chi connectivity index (χ0v) is 14.5. The van der Waals surface area contributed by atoms with E-state index in [0.717, 1.165) is 22.6 Å². The fourth-order valence-electron chi connectivity index (χ4n) is 3.82. The molecule has 0 radical (unpaired) electrons. The molecule has 25 heavy (non-hydrogen) atoms. The summed E-state index contributed by atoms with van der Waals surface area (Å²) in [5.41, 5.74) is 1.88. The van der Waals surface area contributed by atoms with Gasteiger partial charge in [0.05, 0.1) is 34.6 Å². The van der Waals surface area contributed by atoms with Crippen molar-refractivity contribution < 1.29 is 19.4 Å². The van der Waals surface area contributed by atoms with E-state index in [9.17, 15) is 14.7 Å². The minimum Gasteiger partial charge on any atom is -0.481 e. The van der Waals surface area contributed by atoms with E-state index < -0.39 is 17.8 Å². The van der Waals surface area contributed by atoms with E-state index in [1.165, 1.54) is 11.3 Å². The first-order valence-corrected chi connectivity index (χ1v) is 9.08. The van der Waals surface area contributed by atoms with Crippen LogP contribution in [0.2, 0.25) is 0 Å². The average Bonchev–Trinajstić information content (AvgIpc) is 3.29. The number of aliphatic carboxylic acids is 1. The lowest BCUT2D eigenvalue weighted by atomic mass is 9.79. The van der Waals surface area contributed by atoms with Gasteiger partial charge in [-0.2, -0.15) is 0 Å². The minimum absolute atomic E-state index is 0.305. The molecular weight excluding hydrogens is 340 g/mol. The van der Waals surface area contributed by atoms with Crippen LogP contribution < -0.4 is 5.32 Å². The molecule has 1 aromatic carbocycles. The summed E-state index contributed by atoms with van der Waals surface area (Å²) in [6.07, 6.45) is 0.787. The zero-order valence-electron chi connectivity index (χ0n) is 13.6. The van der Waals surface area contributed by atoms with Crippen LogP contribution in [0.1, 0.15) is 18.5 Å². The second-order valence-corrected chi connectivity index (χ2v) is 7.47. The molecule has 1 aromatic heterocycles. The zero-order chi connectivity index (χ0) is 17.6. The number of carboxylic acids is 1. The lowest BCUT2D eigenvalue weighted by Crippen LogP contribution is -2.40. The van der Waals surface area contributed by atoms with Gasteiger partial charge in [-0.25, -0.2) is 4.98 Å². The third-order valence-corrected chi connectivity index (χ3v) is 6.05. The summed E-state index contributed by atoms with van der Waals surface area (Å²) >= 11 is 1.40. The maximum Gasteiger partial charge on any atom is 0.310 e. The quantitative estimate of drug-likeness (QED) is 0.877. The van der Waals surface area contributed by atoms with Crippen LogP contribution in [0.25, 0.3) is 10.4 Å². The number of aryl methyl sites for hydroxylation is 1. The topological polar surface area (TPSA) is 88.5 Å². The third kappa shape index (κ3) is 2.83. The number of anilines is 1. The van der Waals surface area contributed by atoms with Crippen molar-refractivity contribution >= 4 is 28.3 Å². The Morgan fingerprint density at radius 2 is 1.88 bits per heavy atom. The fraction of sp³-hybridized carbons (Fsp3) is 0.389. The number of ether oxygens (including phenoxy) is 1. The van der Waals surface area contributed by atoms with E-state index in [2.05, 4.69) is 10.3 Å². The number of benzene rings is 1. The molecule has 7 heteroatoms. The second-order valence-electron chi connectivity index (χ2n) is 6.47. The lowest BCUT2D eigenvalue weighted by Gasteiger charge is -2.23. The molecule has 4 atom stereocenters. The lowest BCUT2D eigenvalue weighted by molar-refractivity contribution is -0.147. The minimum atomic E-state index is -0.965. The Kier molecular flexibility index (Phi) is 4.05. The van der Waals surface area contributed by atoms with Crippen LogP contribution in [0.15, 0.2) is 30.3 Å². The van der Waals surface area contributed by atoms with Crippen molar-refractivity contribution in [3.05, 3.63) is 36.0 Å². The molecule has 2 aliphatic rings. The van der Waals surface area contributed by atoms with Crippen LogP contribution in [-0.2, 0) is 14.3 Å². The maximum absolute atomic E-state index is 12.7. The van der Waals surface area contributed by atoms with Gasteiger partial charge < -0.3 is 15.2 Å². The molecule has 0 spiro atoms. The van der Waals surface area contributed by atoms with Crippen molar-refractivity contribution in [3.63, 3.8) is 0 Å². The summed E-state index contributed by atoms with van der Waals surface area (Å²) in [6.45, 7) is 1.90. The number of hydrogen-bond donors (Lipinski definition) is 2. The maximum atomic E-state index is 12.7. The molecule has 2 aliphatic heterocycles. The smallest absolute Gasteiger partial charge is 0.310 e. The van der Waals surface area contributed by atoms with Gasteiger partial charge in [-0.15, -0.1) is 0 Å². The van der Waals surface area contributed by atoms with Gasteiger partial charge in [0.2, 0.25) is 5.91 Å². The van der Waals surface area contributed by atoms with E-state index in [-0.39, 0.29) is 18.1 Å². The van der Waals surface area contributed by atoms with Crippen molar-refractivity contribution in [1.29, 1.82) is 0 Å². The number of carboxylic acid groups (broad SMARTS) is 1. The van der Waals surface area contributed by atoms with Gasteiger partial charge in [0.1, 0.15) is 0 Å². The molecule has 2 N–H and O–H groups in total. The Hall–Kier alpha value is -2.25. The number of thiazole rings is 1. The highest BCUT2D eigenvalue weighted by molar-refractivity contribution is 7.19. The van der Waals surface area contributed by atoms with Gasteiger partial charge in [0.15, 0.2) is 5.13 Å². The van der Waals surface area contributed by atoms with Crippen LogP contribution >= 0.6 is 11.3 Å². The summed E-state index contributed by atoms with van der Waals surface area (Å²) in [5.74, 6) is -2.70. The monoisotopic (exact) mass is 358 g/mol. The molecule has 2 saturated heterocycles. The van der Waals surface area contributed by atoms with Crippen molar-refractivity contribution in [2.24, 2.45) is 11.8 Å². The molecule has 0 unspecified atom stereocenters. The standard InChI is InChI=1S/C18H18N2O4S/c1-9-15(10-5-3-2-4-6-10)25-18(19-9)20-16(21)13-11-7-8-12(24-11)14(13)17(22)23/h2-6,11-14H,7-8H2,1H3,(H,22,23)(H,19,20,21)/t11-,12+,13+,14-/m0/s1. The molecule has 2 fully saturated rings. The van der Waals surface area contributed by atoms with E-state index in [1.807, 2.05) is 37.3 Å². The van der Waals surface area contributed by atoms with Gasteiger partial charge in [0, 0.05) is 0 Å². The number of hydrogen-bond acceptors (Lipinski definition) is 5. The summed E-state index contributed by atoms with van der Waals surface area (Å²) in [4.78, 5) is 29.6.